The number of carbonyl (C=O) groups excluding carboxylic acids is 1. The molecule has 1 aromatic heterocycles. The van der Waals surface area contributed by atoms with E-state index in [4.69, 9.17) is 5.11 Å². The Hall–Kier alpha value is -2.61. The van der Waals surface area contributed by atoms with Gasteiger partial charge < -0.3 is 10.0 Å². The zero-order valence-corrected chi connectivity index (χ0v) is 16.5. The van der Waals surface area contributed by atoms with Gasteiger partial charge in [0.1, 0.15) is 6.54 Å². The molecule has 0 atom stereocenters. The van der Waals surface area contributed by atoms with Crippen molar-refractivity contribution in [3.8, 4) is 0 Å². The molecule has 1 aliphatic heterocycles. The quantitative estimate of drug-likeness (QED) is 0.771. The van der Waals surface area contributed by atoms with Crippen LogP contribution in [0.1, 0.15) is 26.7 Å². The summed E-state index contributed by atoms with van der Waals surface area (Å²) in [5.74, 6) is -0.895. The number of nitrogens with zero attached hydrogens (tertiary/aromatic N) is 4. The summed E-state index contributed by atoms with van der Waals surface area (Å²) in [6, 6.07) is 7.70. The summed E-state index contributed by atoms with van der Waals surface area (Å²) in [5.41, 5.74) is 1.45. The van der Waals surface area contributed by atoms with Crippen molar-refractivity contribution in [2.75, 3.05) is 26.2 Å². The number of imidazole rings is 1. The molecule has 0 aliphatic carbocycles. The smallest absolute Gasteiger partial charge is 0.329 e. The first-order valence-electron chi connectivity index (χ1n) is 9.87. The van der Waals surface area contributed by atoms with E-state index in [1.165, 1.54) is 0 Å². The highest BCUT2D eigenvalue weighted by molar-refractivity contribution is 5.81. The van der Waals surface area contributed by atoms with Crippen LogP contribution in [0, 0.1) is 0 Å². The molecule has 28 heavy (non-hydrogen) atoms. The van der Waals surface area contributed by atoms with Crippen molar-refractivity contribution in [2.24, 2.45) is 0 Å². The van der Waals surface area contributed by atoms with Crippen LogP contribution in [-0.4, -0.2) is 68.1 Å². The Kier molecular flexibility index (Phi) is 6.18. The van der Waals surface area contributed by atoms with Gasteiger partial charge in [0.25, 0.3) is 0 Å². The van der Waals surface area contributed by atoms with Crippen LogP contribution < -0.4 is 5.69 Å². The molecular weight excluding hydrogens is 360 g/mol. The van der Waals surface area contributed by atoms with Crippen LogP contribution in [0.15, 0.2) is 29.1 Å². The minimum absolute atomic E-state index is 0.0288. The van der Waals surface area contributed by atoms with E-state index in [1.807, 2.05) is 43.0 Å². The van der Waals surface area contributed by atoms with E-state index < -0.39 is 5.97 Å². The summed E-state index contributed by atoms with van der Waals surface area (Å²) in [5, 5.41) is 9.04. The minimum atomic E-state index is -0.827. The Morgan fingerprint density at radius 3 is 2.25 bits per heavy atom. The normalized spacial score (nSPS) is 15.5. The average molecular weight is 388 g/mol. The van der Waals surface area contributed by atoms with Gasteiger partial charge in [-0.25, -0.2) is 4.79 Å². The zero-order chi connectivity index (χ0) is 20.3. The van der Waals surface area contributed by atoms with Gasteiger partial charge in [0.05, 0.1) is 17.6 Å². The number of likely N-dealkylation sites (N-methyl/N-ethyl adjacent to an activating group) is 1. The number of carboxylic acids is 1. The van der Waals surface area contributed by atoms with Gasteiger partial charge in [-0.15, -0.1) is 0 Å². The molecule has 2 aromatic rings. The maximum Gasteiger partial charge on any atom is 0.329 e. The standard InChI is InChI=1S/C20H28N4O4/c1-3-21(14-19(26)27)15-9-11-22(12-10-15)18(25)13-24-17-8-6-5-7-16(17)23(4-2)20(24)28/h5-8,15H,3-4,9-14H2,1-2H3,(H,26,27). The fourth-order valence-electron chi connectivity index (χ4n) is 4.12. The van der Waals surface area contributed by atoms with Gasteiger partial charge in [-0.05, 0) is 38.4 Å². The van der Waals surface area contributed by atoms with Gasteiger partial charge >= 0.3 is 11.7 Å². The maximum atomic E-state index is 12.8. The van der Waals surface area contributed by atoms with Crippen molar-refractivity contribution in [2.45, 2.75) is 45.8 Å². The molecule has 2 heterocycles. The molecule has 1 aromatic carbocycles. The molecule has 1 aliphatic rings. The Balaban J connectivity index is 1.69. The summed E-state index contributed by atoms with van der Waals surface area (Å²) in [7, 11) is 0. The lowest BCUT2D eigenvalue weighted by molar-refractivity contribution is -0.140. The largest absolute Gasteiger partial charge is 0.480 e. The second-order valence-corrected chi connectivity index (χ2v) is 7.17. The molecule has 152 valence electrons. The number of carboxylic acid groups (broad SMARTS) is 1. The zero-order valence-electron chi connectivity index (χ0n) is 16.5. The Morgan fingerprint density at radius 2 is 1.71 bits per heavy atom. The van der Waals surface area contributed by atoms with Crippen LogP contribution in [-0.2, 0) is 22.7 Å². The number of aryl methyl sites for hydroxylation is 1. The van der Waals surface area contributed by atoms with E-state index in [-0.39, 0.29) is 30.7 Å². The third-order valence-electron chi connectivity index (χ3n) is 5.61. The topological polar surface area (TPSA) is 87.8 Å². The van der Waals surface area contributed by atoms with Crippen LogP contribution >= 0.6 is 0 Å². The van der Waals surface area contributed by atoms with Gasteiger partial charge in [-0.2, -0.15) is 0 Å². The van der Waals surface area contributed by atoms with Crippen LogP contribution in [0.25, 0.3) is 11.0 Å². The van der Waals surface area contributed by atoms with Crippen molar-refractivity contribution in [3.63, 3.8) is 0 Å². The minimum Gasteiger partial charge on any atom is -0.480 e. The van der Waals surface area contributed by atoms with Gasteiger partial charge in [0.15, 0.2) is 0 Å². The summed E-state index contributed by atoms with van der Waals surface area (Å²) in [4.78, 5) is 40.3. The van der Waals surface area contributed by atoms with Gasteiger partial charge in [-0.1, -0.05) is 19.1 Å². The first-order valence-corrected chi connectivity index (χ1v) is 9.87. The number of fused-ring (bicyclic) bond motifs is 1. The number of benzene rings is 1. The Bertz CT molecular complexity index is 909. The highest BCUT2D eigenvalue weighted by Gasteiger charge is 2.28. The SMILES string of the molecule is CCN(CC(=O)O)C1CCN(C(=O)Cn2c(=O)n(CC)c3ccccc32)CC1. The predicted octanol–water partition coefficient (Wildman–Crippen LogP) is 1.22. The van der Waals surface area contributed by atoms with E-state index >= 15 is 0 Å². The van der Waals surface area contributed by atoms with Crippen LogP contribution in [0.5, 0.6) is 0 Å². The lowest BCUT2D eigenvalue weighted by atomic mass is 10.0. The summed E-state index contributed by atoms with van der Waals surface area (Å²) >= 11 is 0. The second kappa shape index (κ2) is 8.60. The lowest BCUT2D eigenvalue weighted by Gasteiger charge is -2.37. The number of aliphatic carboxylic acids is 1. The highest BCUT2D eigenvalue weighted by atomic mass is 16.4. The van der Waals surface area contributed by atoms with Crippen molar-refractivity contribution < 1.29 is 14.7 Å². The summed E-state index contributed by atoms with van der Waals surface area (Å²) in [6.45, 7) is 6.34. The summed E-state index contributed by atoms with van der Waals surface area (Å²) in [6.07, 6.45) is 1.50. The lowest BCUT2D eigenvalue weighted by Crippen LogP contribution is -2.49. The van der Waals surface area contributed by atoms with Crippen LogP contribution in [0.2, 0.25) is 0 Å². The van der Waals surface area contributed by atoms with Gasteiger partial charge in [0.2, 0.25) is 5.91 Å². The number of hydrogen-bond donors (Lipinski definition) is 1. The molecular formula is C20H28N4O4. The fourth-order valence-corrected chi connectivity index (χ4v) is 4.12. The Labute approximate surface area is 163 Å². The first-order chi connectivity index (χ1) is 13.5. The first kappa shape index (κ1) is 20.1. The second-order valence-electron chi connectivity index (χ2n) is 7.17. The average Bonchev–Trinajstić information content (AvgIpc) is 2.97. The third kappa shape index (κ3) is 3.96. The van der Waals surface area contributed by atoms with Crippen molar-refractivity contribution in [1.82, 2.24) is 18.9 Å². The third-order valence-corrected chi connectivity index (χ3v) is 5.61. The van der Waals surface area contributed by atoms with Crippen LogP contribution in [0.4, 0.5) is 0 Å². The number of hydrogen-bond acceptors (Lipinski definition) is 4. The molecule has 8 nitrogen and oxygen atoms in total. The molecule has 0 saturated carbocycles. The van der Waals surface area contributed by atoms with E-state index in [1.54, 1.807) is 14.0 Å². The van der Waals surface area contributed by atoms with Crippen LogP contribution in [0.3, 0.4) is 0 Å². The van der Waals surface area contributed by atoms with Crippen molar-refractivity contribution in [1.29, 1.82) is 0 Å². The number of carbonyl (C=O) groups is 2. The maximum absolute atomic E-state index is 12.8. The number of likely N-dealkylation sites (tertiary alicyclic amines) is 1. The van der Waals surface area contributed by atoms with Gasteiger partial charge in [-0.3, -0.25) is 23.6 Å². The molecule has 1 N–H and O–H groups in total. The molecule has 0 unspecified atom stereocenters. The number of piperidine rings is 1. The molecule has 1 saturated heterocycles. The van der Waals surface area contributed by atoms with Gasteiger partial charge in [0, 0.05) is 25.7 Å². The molecule has 0 radical (unpaired) electrons. The molecule has 0 spiro atoms. The highest BCUT2D eigenvalue weighted by Crippen LogP contribution is 2.18. The van der Waals surface area contributed by atoms with Crippen molar-refractivity contribution >= 4 is 22.9 Å². The van der Waals surface area contributed by atoms with E-state index in [2.05, 4.69) is 0 Å². The van der Waals surface area contributed by atoms with E-state index in [9.17, 15) is 14.4 Å². The fraction of sp³-hybridized carbons (Fsp3) is 0.550. The molecule has 8 heteroatoms. The monoisotopic (exact) mass is 388 g/mol. The van der Waals surface area contributed by atoms with E-state index in [0.717, 1.165) is 23.9 Å². The predicted molar refractivity (Wildman–Crippen MR) is 106 cm³/mol. The number of amides is 1. The molecule has 1 fully saturated rings. The number of para-hydroxylation sites is 2. The van der Waals surface area contributed by atoms with E-state index in [0.29, 0.717) is 26.2 Å². The summed E-state index contributed by atoms with van der Waals surface area (Å²) < 4.78 is 3.23. The number of rotatable bonds is 7. The van der Waals surface area contributed by atoms with Crippen molar-refractivity contribution in [3.05, 3.63) is 34.7 Å². The molecule has 0 bridgehead atoms. The Morgan fingerprint density at radius 1 is 1.11 bits per heavy atom. The molecule has 1 amide bonds. The number of aromatic nitrogens is 2. The molecule has 3 rings (SSSR count).